The Hall–Kier alpha value is -1.97. The first-order valence-electron chi connectivity index (χ1n) is 6.25. The summed E-state index contributed by atoms with van der Waals surface area (Å²) < 4.78 is 2.04. The fourth-order valence-corrected chi connectivity index (χ4v) is 2.59. The van der Waals surface area contributed by atoms with Crippen LogP contribution in [0.1, 0.15) is 16.8 Å². The number of anilines is 2. The molecule has 18 heavy (non-hydrogen) atoms. The molecule has 4 heteroatoms. The third-order valence-corrected chi connectivity index (χ3v) is 3.70. The van der Waals surface area contributed by atoms with Gasteiger partial charge in [-0.2, -0.15) is 0 Å². The van der Waals surface area contributed by atoms with E-state index in [-0.39, 0.29) is 0 Å². The highest BCUT2D eigenvalue weighted by molar-refractivity contribution is 5.58. The molecular weight excluding hydrogens is 224 g/mol. The van der Waals surface area contributed by atoms with Crippen LogP contribution in [0, 0.1) is 6.92 Å². The SMILES string of the molecule is Cc1cnc(N)n1Cc1ccc2c(c1)CCN2C. The largest absolute Gasteiger partial charge is 0.374 e. The summed E-state index contributed by atoms with van der Waals surface area (Å²) in [7, 11) is 2.14. The topological polar surface area (TPSA) is 47.1 Å². The number of nitrogens with zero attached hydrogens (tertiary/aromatic N) is 3. The lowest BCUT2D eigenvalue weighted by Crippen LogP contribution is -2.12. The number of aryl methyl sites for hydroxylation is 1. The normalized spacial score (nSPS) is 14.0. The van der Waals surface area contributed by atoms with Crippen LogP contribution in [-0.2, 0) is 13.0 Å². The van der Waals surface area contributed by atoms with E-state index < -0.39 is 0 Å². The van der Waals surface area contributed by atoms with Gasteiger partial charge in [-0.3, -0.25) is 0 Å². The van der Waals surface area contributed by atoms with Crippen LogP contribution in [0.3, 0.4) is 0 Å². The van der Waals surface area contributed by atoms with Crippen molar-refractivity contribution < 1.29 is 0 Å². The molecule has 0 atom stereocenters. The van der Waals surface area contributed by atoms with Crippen LogP contribution in [0.25, 0.3) is 0 Å². The molecule has 0 unspecified atom stereocenters. The lowest BCUT2D eigenvalue weighted by atomic mass is 10.1. The van der Waals surface area contributed by atoms with E-state index in [0.29, 0.717) is 5.95 Å². The molecule has 94 valence electrons. The fraction of sp³-hybridized carbons (Fsp3) is 0.357. The maximum absolute atomic E-state index is 5.87. The minimum atomic E-state index is 0.588. The van der Waals surface area contributed by atoms with Gasteiger partial charge in [0.05, 0.1) is 12.7 Å². The quantitative estimate of drug-likeness (QED) is 0.873. The summed E-state index contributed by atoms with van der Waals surface area (Å²) in [5, 5.41) is 0. The summed E-state index contributed by atoms with van der Waals surface area (Å²) in [5.41, 5.74) is 11.1. The Kier molecular flexibility index (Phi) is 2.51. The van der Waals surface area contributed by atoms with Gasteiger partial charge in [-0.25, -0.2) is 4.98 Å². The number of fused-ring (bicyclic) bond motifs is 1. The second kappa shape index (κ2) is 4.05. The summed E-state index contributed by atoms with van der Waals surface area (Å²) in [5.74, 6) is 0.588. The predicted molar refractivity (Wildman–Crippen MR) is 73.9 cm³/mol. The van der Waals surface area contributed by atoms with Crippen molar-refractivity contribution in [1.82, 2.24) is 9.55 Å². The van der Waals surface area contributed by atoms with Crippen molar-refractivity contribution in [2.75, 3.05) is 24.2 Å². The number of hydrogen-bond donors (Lipinski definition) is 1. The number of rotatable bonds is 2. The minimum Gasteiger partial charge on any atom is -0.374 e. The van der Waals surface area contributed by atoms with Gasteiger partial charge in [-0.1, -0.05) is 12.1 Å². The molecular formula is C14H18N4. The Balaban J connectivity index is 1.91. The number of nitrogens with two attached hydrogens (primary N) is 1. The maximum atomic E-state index is 5.87. The standard InChI is InChI=1S/C14H18N4/c1-10-8-16-14(15)18(10)9-11-3-4-13-12(7-11)5-6-17(13)2/h3-4,7-8H,5-6,9H2,1-2H3,(H2,15,16). The Morgan fingerprint density at radius 2 is 2.22 bits per heavy atom. The maximum Gasteiger partial charge on any atom is 0.200 e. The lowest BCUT2D eigenvalue weighted by molar-refractivity contribution is 0.782. The average Bonchev–Trinajstić information content (AvgIpc) is 2.87. The van der Waals surface area contributed by atoms with Crippen molar-refractivity contribution in [3.8, 4) is 0 Å². The van der Waals surface area contributed by atoms with Crippen molar-refractivity contribution in [1.29, 1.82) is 0 Å². The van der Waals surface area contributed by atoms with Gasteiger partial charge in [0.1, 0.15) is 0 Å². The summed E-state index contributed by atoms with van der Waals surface area (Å²) in [6.45, 7) is 3.95. The van der Waals surface area contributed by atoms with E-state index in [4.69, 9.17) is 5.73 Å². The van der Waals surface area contributed by atoms with Crippen molar-refractivity contribution in [2.24, 2.45) is 0 Å². The number of hydrogen-bond acceptors (Lipinski definition) is 3. The highest BCUT2D eigenvalue weighted by atomic mass is 15.1. The first kappa shape index (κ1) is 11.1. The predicted octanol–water partition coefficient (Wildman–Crippen LogP) is 1.81. The van der Waals surface area contributed by atoms with E-state index in [1.54, 1.807) is 0 Å². The van der Waals surface area contributed by atoms with Gasteiger partial charge in [0.15, 0.2) is 0 Å². The molecule has 0 spiro atoms. The molecule has 0 saturated carbocycles. The van der Waals surface area contributed by atoms with E-state index in [0.717, 1.165) is 25.2 Å². The van der Waals surface area contributed by atoms with Crippen LogP contribution in [-0.4, -0.2) is 23.1 Å². The van der Waals surface area contributed by atoms with E-state index in [1.807, 2.05) is 17.7 Å². The third kappa shape index (κ3) is 1.74. The van der Waals surface area contributed by atoms with E-state index in [2.05, 4.69) is 35.1 Å². The highest BCUT2D eigenvalue weighted by Crippen LogP contribution is 2.27. The lowest BCUT2D eigenvalue weighted by Gasteiger charge is -2.13. The van der Waals surface area contributed by atoms with Gasteiger partial charge < -0.3 is 15.2 Å². The van der Waals surface area contributed by atoms with Gasteiger partial charge in [0, 0.05) is 25.0 Å². The van der Waals surface area contributed by atoms with Crippen molar-refractivity contribution in [2.45, 2.75) is 19.9 Å². The Morgan fingerprint density at radius 3 is 2.94 bits per heavy atom. The van der Waals surface area contributed by atoms with Gasteiger partial charge in [0.2, 0.25) is 5.95 Å². The first-order valence-corrected chi connectivity index (χ1v) is 6.25. The number of likely N-dealkylation sites (N-methyl/N-ethyl adjacent to an activating group) is 1. The molecule has 0 radical (unpaired) electrons. The second-order valence-corrected chi connectivity index (χ2v) is 4.98. The van der Waals surface area contributed by atoms with Crippen molar-refractivity contribution in [3.05, 3.63) is 41.2 Å². The van der Waals surface area contributed by atoms with Crippen LogP contribution in [0.15, 0.2) is 24.4 Å². The van der Waals surface area contributed by atoms with Crippen LogP contribution in [0.2, 0.25) is 0 Å². The minimum absolute atomic E-state index is 0.588. The second-order valence-electron chi connectivity index (χ2n) is 4.98. The zero-order valence-electron chi connectivity index (χ0n) is 10.8. The summed E-state index contributed by atoms with van der Waals surface area (Å²) in [6, 6.07) is 6.68. The molecule has 3 rings (SSSR count). The van der Waals surface area contributed by atoms with Gasteiger partial charge in [-0.15, -0.1) is 0 Å². The smallest absolute Gasteiger partial charge is 0.200 e. The van der Waals surface area contributed by atoms with Crippen LogP contribution in [0.5, 0.6) is 0 Å². The average molecular weight is 242 g/mol. The van der Waals surface area contributed by atoms with Crippen molar-refractivity contribution >= 4 is 11.6 Å². The summed E-state index contributed by atoms with van der Waals surface area (Å²) >= 11 is 0. The molecule has 0 saturated heterocycles. The molecule has 2 N–H and O–H groups in total. The molecule has 1 aromatic carbocycles. The Bertz CT molecular complexity index is 566. The molecule has 0 aliphatic carbocycles. The number of imidazole rings is 1. The molecule has 1 aliphatic heterocycles. The zero-order valence-corrected chi connectivity index (χ0v) is 10.8. The molecule has 1 aromatic heterocycles. The van der Waals surface area contributed by atoms with Crippen LogP contribution in [0.4, 0.5) is 11.6 Å². The summed E-state index contributed by atoms with van der Waals surface area (Å²) in [4.78, 5) is 6.43. The number of nitrogen functional groups attached to an aromatic ring is 1. The van der Waals surface area contributed by atoms with Crippen LogP contribution < -0.4 is 10.6 Å². The van der Waals surface area contributed by atoms with E-state index in [1.165, 1.54) is 16.8 Å². The van der Waals surface area contributed by atoms with Crippen molar-refractivity contribution in [3.63, 3.8) is 0 Å². The van der Waals surface area contributed by atoms with Crippen LogP contribution >= 0.6 is 0 Å². The first-order chi connectivity index (χ1) is 8.65. The number of aromatic nitrogens is 2. The highest BCUT2D eigenvalue weighted by Gasteiger charge is 2.15. The zero-order chi connectivity index (χ0) is 12.7. The van der Waals surface area contributed by atoms with Gasteiger partial charge >= 0.3 is 0 Å². The molecule has 0 bridgehead atoms. The molecule has 1 aliphatic rings. The Labute approximate surface area is 107 Å². The van der Waals surface area contributed by atoms with E-state index >= 15 is 0 Å². The van der Waals surface area contributed by atoms with E-state index in [9.17, 15) is 0 Å². The van der Waals surface area contributed by atoms with Gasteiger partial charge in [0.25, 0.3) is 0 Å². The monoisotopic (exact) mass is 242 g/mol. The molecule has 2 heterocycles. The molecule has 4 nitrogen and oxygen atoms in total. The third-order valence-electron chi connectivity index (χ3n) is 3.70. The Morgan fingerprint density at radius 1 is 1.39 bits per heavy atom. The fourth-order valence-electron chi connectivity index (χ4n) is 2.59. The molecule has 0 amide bonds. The molecule has 2 aromatic rings. The summed E-state index contributed by atoms with van der Waals surface area (Å²) in [6.07, 6.45) is 2.95. The molecule has 0 fully saturated rings. The van der Waals surface area contributed by atoms with Gasteiger partial charge in [-0.05, 0) is 30.5 Å². The number of benzene rings is 1.